The highest BCUT2D eigenvalue weighted by molar-refractivity contribution is 9.10. The standard InChI is InChI=1S/C16H11BrClNO2S/c17-10-3-1-9(2-4-10)13-8-15(16(20)21)22-14-7-11(18)5-6-12(14)19-13/h1-7,15H,8H2,(H,20,21)/t15-/m0/s1. The van der Waals surface area contributed by atoms with Crippen LogP contribution < -0.4 is 0 Å². The van der Waals surface area contributed by atoms with Crippen LogP contribution in [0.5, 0.6) is 0 Å². The maximum Gasteiger partial charge on any atom is 0.317 e. The van der Waals surface area contributed by atoms with E-state index in [1.54, 1.807) is 12.1 Å². The van der Waals surface area contributed by atoms with Gasteiger partial charge in [0.05, 0.1) is 11.4 Å². The molecule has 0 radical (unpaired) electrons. The van der Waals surface area contributed by atoms with Crippen molar-refractivity contribution in [3.8, 4) is 0 Å². The van der Waals surface area contributed by atoms with E-state index in [4.69, 9.17) is 11.6 Å². The molecular formula is C16H11BrClNO2S. The number of hydrogen-bond acceptors (Lipinski definition) is 3. The topological polar surface area (TPSA) is 49.7 Å². The smallest absolute Gasteiger partial charge is 0.317 e. The monoisotopic (exact) mass is 395 g/mol. The molecule has 0 fully saturated rings. The van der Waals surface area contributed by atoms with Gasteiger partial charge in [0.15, 0.2) is 0 Å². The first-order valence-corrected chi connectivity index (χ1v) is 8.60. The van der Waals surface area contributed by atoms with Gasteiger partial charge in [-0.25, -0.2) is 0 Å². The van der Waals surface area contributed by atoms with Crippen molar-refractivity contribution in [3.05, 3.63) is 57.5 Å². The van der Waals surface area contributed by atoms with E-state index in [9.17, 15) is 9.90 Å². The number of thioether (sulfide) groups is 1. The number of hydrogen-bond donors (Lipinski definition) is 1. The van der Waals surface area contributed by atoms with Crippen molar-refractivity contribution < 1.29 is 9.90 Å². The van der Waals surface area contributed by atoms with Crippen molar-refractivity contribution >= 4 is 56.7 Å². The minimum absolute atomic E-state index is 0.369. The van der Waals surface area contributed by atoms with E-state index < -0.39 is 11.2 Å². The highest BCUT2D eigenvalue weighted by Gasteiger charge is 2.26. The lowest BCUT2D eigenvalue weighted by Gasteiger charge is -2.10. The highest BCUT2D eigenvalue weighted by Crippen LogP contribution is 2.39. The van der Waals surface area contributed by atoms with Gasteiger partial charge < -0.3 is 5.11 Å². The molecule has 0 unspecified atom stereocenters. The Hall–Kier alpha value is -1.30. The Morgan fingerprint density at radius 2 is 2.00 bits per heavy atom. The van der Waals surface area contributed by atoms with Crippen molar-refractivity contribution in [2.75, 3.05) is 0 Å². The second kappa shape index (κ2) is 6.44. The van der Waals surface area contributed by atoms with E-state index in [-0.39, 0.29) is 0 Å². The van der Waals surface area contributed by atoms with Gasteiger partial charge in [0.2, 0.25) is 0 Å². The Morgan fingerprint density at radius 3 is 2.68 bits per heavy atom. The Balaban J connectivity index is 2.09. The SMILES string of the molecule is O=C(O)[C@@H]1CC(c2ccc(Br)cc2)=Nc2ccc(Cl)cc2S1. The molecule has 1 atom stereocenters. The quantitative estimate of drug-likeness (QED) is 0.761. The molecule has 2 aromatic rings. The minimum Gasteiger partial charge on any atom is -0.480 e. The first-order valence-electron chi connectivity index (χ1n) is 6.55. The lowest BCUT2D eigenvalue weighted by atomic mass is 10.1. The van der Waals surface area contributed by atoms with Gasteiger partial charge in [0, 0.05) is 20.8 Å². The van der Waals surface area contributed by atoms with Crippen LogP contribution in [0, 0.1) is 0 Å². The Morgan fingerprint density at radius 1 is 1.27 bits per heavy atom. The molecule has 0 bridgehead atoms. The number of aliphatic imine (C=N–C) groups is 1. The summed E-state index contributed by atoms with van der Waals surface area (Å²) < 4.78 is 0.974. The molecule has 0 spiro atoms. The van der Waals surface area contributed by atoms with Crippen LogP contribution in [0.25, 0.3) is 0 Å². The number of nitrogens with zero attached hydrogens (tertiary/aromatic N) is 1. The third-order valence-electron chi connectivity index (χ3n) is 3.28. The predicted octanol–water partition coefficient (Wildman–Crippen LogP) is 5.17. The van der Waals surface area contributed by atoms with Crippen LogP contribution in [-0.2, 0) is 4.79 Å². The van der Waals surface area contributed by atoms with Gasteiger partial charge in [-0.3, -0.25) is 9.79 Å². The molecular weight excluding hydrogens is 386 g/mol. The van der Waals surface area contributed by atoms with Gasteiger partial charge in [-0.15, -0.1) is 11.8 Å². The normalized spacial score (nSPS) is 17.4. The van der Waals surface area contributed by atoms with E-state index >= 15 is 0 Å². The van der Waals surface area contributed by atoms with Crippen molar-refractivity contribution in [3.63, 3.8) is 0 Å². The predicted molar refractivity (Wildman–Crippen MR) is 93.7 cm³/mol. The van der Waals surface area contributed by atoms with Crippen LogP contribution >= 0.6 is 39.3 Å². The molecule has 1 N–H and O–H groups in total. The number of benzene rings is 2. The van der Waals surface area contributed by atoms with Crippen LogP contribution in [0.3, 0.4) is 0 Å². The molecule has 0 saturated carbocycles. The fraction of sp³-hybridized carbons (Fsp3) is 0.125. The molecule has 0 aromatic heterocycles. The van der Waals surface area contributed by atoms with Crippen molar-refractivity contribution in [2.24, 2.45) is 4.99 Å². The van der Waals surface area contributed by atoms with Crippen LogP contribution in [-0.4, -0.2) is 22.0 Å². The summed E-state index contributed by atoms with van der Waals surface area (Å²) in [7, 11) is 0. The van der Waals surface area contributed by atoms with Crippen LogP contribution in [0.1, 0.15) is 12.0 Å². The third-order valence-corrected chi connectivity index (χ3v) is 5.28. The lowest BCUT2D eigenvalue weighted by Crippen LogP contribution is -2.20. The molecule has 3 rings (SSSR count). The molecule has 6 heteroatoms. The second-order valence-corrected chi connectivity index (χ2v) is 7.42. The number of halogens is 2. The van der Waals surface area contributed by atoms with Crippen LogP contribution in [0.15, 0.2) is 56.8 Å². The van der Waals surface area contributed by atoms with Gasteiger partial charge >= 0.3 is 5.97 Å². The van der Waals surface area contributed by atoms with E-state index in [2.05, 4.69) is 20.9 Å². The number of rotatable bonds is 2. The van der Waals surface area contributed by atoms with Crippen molar-refractivity contribution in [2.45, 2.75) is 16.6 Å². The lowest BCUT2D eigenvalue weighted by molar-refractivity contribution is -0.136. The van der Waals surface area contributed by atoms with Gasteiger partial charge in [-0.1, -0.05) is 39.7 Å². The van der Waals surface area contributed by atoms with Gasteiger partial charge in [-0.2, -0.15) is 0 Å². The van der Waals surface area contributed by atoms with Gasteiger partial charge in [0.25, 0.3) is 0 Å². The molecule has 3 nitrogen and oxygen atoms in total. The summed E-state index contributed by atoms with van der Waals surface area (Å²) in [6.07, 6.45) is 0.369. The third kappa shape index (κ3) is 3.37. The fourth-order valence-corrected chi connectivity index (χ4v) is 3.78. The molecule has 2 aromatic carbocycles. The van der Waals surface area contributed by atoms with Crippen LogP contribution in [0.4, 0.5) is 5.69 Å². The molecule has 22 heavy (non-hydrogen) atoms. The maximum absolute atomic E-state index is 11.5. The molecule has 1 aliphatic heterocycles. The van der Waals surface area contributed by atoms with E-state index in [1.807, 2.05) is 30.3 Å². The molecule has 112 valence electrons. The van der Waals surface area contributed by atoms with E-state index in [1.165, 1.54) is 11.8 Å². The molecule has 0 amide bonds. The summed E-state index contributed by atoms with van der Waals surface area (Å²) in [6, 6.07) is 13.1. The van der Waals surface area contributed by atoms with Crippen LogP contribution in [0.2, 0.25) is 5.02 Å². The zero-order chi connectivity index (χ0) is 15.7. The summed E-state index contributed by atoms with van der Waals surface area (Å²) in [4.78, 5) is 17.0. The second-order valence-electron chi connectivity index (χ2n) is 4.83. The summed E-state index contributed by atoms with van der Waals surface area (Å²) >= 11 is 10.7. The zero-order valence-corrected chi connectivity index (χ0v) is 14.5. The Kier molecular flexibility index (Phi) is 4.57. The molecule has 1 heterocycles. The summed E-state index contributed by atoms with van der Waals surface area (Å²) in [6.45, 7) is 0. The zero-order valence-electron chi connectivity index (χ0n) is 11.3. The Bertz CT molecular complexity index is 761. The number of carboxylic acids is 1. The van der Waals surface area contributed by atoms with Crippen molar-refractivity contribution in [1.82, 2.24) is 0 Å². The first kappa shape index (κ1) is 15.6. The molecule has 0 aliphatic carbocycles. The van der Waals surface area contributed by atoms with Gasteiger partial charge in [-0.05, 0) is 35.9 Å². The largest absolute Gasteiger partial charge is 0.480 e. The average Bonchev–Trinajstić information content (AvgIpc) is 2.67. The maximum atomic E-state index is 11.5. The molecule has 1 aliphatic rings. The number of carboxylic acid groups (broad SMARTS) is 1. The number of fused-ring (bicyclic) bond motifs is 1. The minimum atomic E-state index is -0.845. The summed E-state index contributed by atoms with van der Waals surface area (Å²) in [5, 5.41) is 9.45. The van der Waals surface area contributed by atoms with E-state index in [0.29, 0.717) is 11.4 Å². The Labute approximate surface area is 145 Å². The first-order chi connectivity index (χ1) is 10.5. The fourth-order valence-electron chi connectivity index (χ4n) is 2.20. The number of aliphatic carboxylic acids is 1. The summed E-state index contributed by atoms with van der Waals surface area (Å²) in [5.74, 6) is -0.845. The van der Waals surface area contributed by atoms with Crippen molar-refractivity contribution in [1.29, 1.82) is 0 Å². The highest BCUT2D eigenvalue weighted by atomic mass is 79.9. The average molecular weight is 397 g/mol. The van der Waals surface area contributed by atoms with E-state index in [0.717, 1.165) is 26.3 Å². The summed E-state index contributed by atoms with van der Waals surface area (Å²) in [5.41, 5.74) is 2.46. The number of carbonyl (C=O) groups is 1. The molecule has 0 saturated heterocycles. The van der Waals surface area contributed by atoms with Gasteiger partial charge in [0.1, 0.15) is 5.25 Å².